The molecule has 0 fully saturated rings. The van der Waals surface area contributed by atoms with Crippen molar-refractivity contribution in [2.24, 2.45) is 0 Å². The molecule has 3 aromatic carbocycles. The van der Waals surface area contributed by atoms with Crippen LogP contribution in [0.2, 0.25) is 0 Å². The highest BCUT2D eigenvalue weighted by Gasteiger charge is 2.23. The Morgan fingerprint density at radius 3 is 2.38 bits per heavy atom. The number of rotatable bonds is 3. The van der Waals surface area contributed by atoms with Gasteiger partial charge in [-0.1, -0.05) is 30.3 Å². The summed E-state index contributed by atoms with van der Waals surface area (Å²) in [5, 5.41) is 6.19. The number of ether oxygens (including phenoxy) is 2. The zero-order valence-electron chi connectivity index (χ0n) is 14.0. The summed E-state index contributed by atoms with van der Waals surface area (Å²) in [6, 6.07) is 19.3. The normalized spacial score (nSPS) is 16.7. The molecule has 0 aliphatic carbocycles. The summed E-state index contributed by atoms with van der Waals surface area (Å²) in [5.41, 5.74) is 4.07. The maximum absolute atomic E-state index is 5.37. The van der Waals surface area contributed by atoms with Crippen molar-refractivity contribution in [3.63, 3.8) is 0 Å². The van der Waals surface area contributed by atoms with Gasteiger partial charge in [0.25, 0.3) is 0 Å². The molecular formula is C21H21NO2. The van der Waals surface area contributed by atoms with Crippen LogP contribution in [-0.2, 0) is 6.42 Å². The average Bonchev–Trinajstić information content (AvgIpc) is 2.67. The molecule has 0 radical (unpaired) electrons. The Hall–Kier alpha value is -2.52. The molecule has 0 spiro atoms. The van der Waals surface area contributed by atoms with E-state index in [2.05, 4.69) is 41.7 Å². The standard InChI is InChI=1S/C21H21NO2/c1-23-17-7-5-15(6-8-17)21-20-14(11-12-22-21)3-4-16-13-18(24-2)9-10-19(16)20/h3-10,13,21-22H,11-12H2,1-2H3. The second kappa shape index (κ2) is 6.17. The molecule has 1 aliphatic heterocycles. The van der Waals surface area contributed by atoms with E-state index >= 15 is 0 Å². The minimum absolute atomic E-state index is 0.205. The summed E-state index contributed by atoms with van der Waals surface area (Å²) >= 11 is 0. The van der Waals surface area contributed by atoms with Gasteiger partial charge in [-0.15, -0.1) is 0 Å². The third kappa shape index (κ3) is 2.51. The van der Waals surface area contributed by atoms with E-state index in [0.717, 1.165) is 24.5 Å². The van der Waals surface area contributed by atoms with E-state index in [1.54, 1.807) is 14.2 Å². The van der Waals surface area contributed by atoms with Crippen molar-refractivity contribution in [2.45, 2.75) is 12.5 Å². The molecule has 122 valence electrons. The van der Waals surface area contributed by atoms with Gasteiger partial charge in [0, 0.05) is 6.54 Å². The Morgan fingerprint density at radius 1 is 0.875 bits per heavy atom. The number of methoxy groups -OCH3 is 2. The molecule has 1 heterocycles. The van der Waals surface area contributed by atoms with Crippen LogP contribution in [0.3, 0.4) is 0 Å². The van der Waals surface area contributed by atoms with Gasteiger partial charge < -0.3 is 14.8 Å². The lowest BCUT2D eigenvalue weighted by atomic mass is 9.86. The van der Waals surface area contributed by atoms with Crippen LogP contribution in [0, 0.1) is 0 Å². The van der Waals surface area contributed by atoms with Crippen LogP contribution in [0.15, 0.2) is 54.6 Å². The van der Waals surface area contributed by atoms with Crippen molar-refractivity contribution < 1.29 is 9.47 Å². The number of hydrogen-bond acceptors (Lipinski definition) is 3. The lowest BCUT2D eigenvalue weighted by Gasteiger charge is -2.29. The Morgan fingerprint density at radius 2 is 1.62 bits per heavy atom. The number of fused-ring (bicyclic) bond motifs is 3. The van der Waals surface area contributed by atoms with E-state index in [1.165, 1.54) is 27.5 Å². The lowest BCUT2D eigenvalue weighted by Crippen LogP contribution is -2.30. The first-order valence-corrected chi connectivity index (χ1v) is 8.27. The Balaban J connectivity index is 1.86. The molecule has 1 N–H and O–H groups in total. The van der Waals surface area contributed by atoms with Crippen molar-refractivity contribution in [1.29, 1.82) is 0 Å². The minimum Gasteiger partial charge on any atom is -0.497 e. The highest BCUT2D eigenvalue weighted by Crippen LogP contribution is 2.36. The molecule has 3 heteroatoms. The zero-order chi connectivity index (χ0) is 16.5. The summed E-state index contributed by atoms with van der Waals surface area (Å²) in [6.07, 6.45) is 1.06. The van der Waals surface area contributed by atoms with E-state index < -0.39 is 0 Å². The van der Waals surface area contributed by atoms with E-state index in [9.17, 15) is 0 Å². The molecule has 0 aromatic heterocycles. The zero-order valence-corrected chi connectivity index (χ0v) is 14.0. The van der Waals surface area contributed by atoms with Crippen LogP contribution in [-0.4, -0.2) is 20.8 Å². The van der Waals surface area contributed by atoms with Gasteiger partial charge in [-0.05, 0) is 58.1 Å². The molecule has 24 heavy (non-hydrogen) atoms. The fourth-order valence-corrected chi connectivity index (χ4v) is 3.60. The molecule has 0 saturated carbocycles. The first kappa shape index (κ1) is 15.0. The fraction of sp³-hybridized carbons (Fsp3) is 0.238. The Kier molecular flexibility index (Phi) is 3.87. The fourth-order valence-electron chi connectivity index (χ4n) is 3.60. The summed E-state index contributed by atoms with van der Waals surface area (Å²) in [4.78, 5) is 0. The van der Waals surface area contributed by atoms with Gasteiger partial charge in [-0.3, -0.25) is 0 Å². The predicted molar refractivity (Wildman–Crippen MR) is 97.0 cm³/mol. The first-order valence-electron chi connectivity index (χ1n) is 8.27. The van der Waals surface area contributed by atoms with E-state index in [4.69, 9.17) is 9.47 Å². The highest BCUT2D eigenvalue weighted by molar-refractivity contribution is 5.89. The van der Waals surface area contributed by atoms with Crippen molar-refractivity contribution in [2.75, 3.05) is 20.8 Å². The van der Waals surface area contributed by atoms with Gasteiger partial charge in [0.15, 0.2) is 0 Å². The summed E-state index contributed by atoms with van der Waals surface area (Å²) in [5.74, 6) is 1.78. The largest absolute Gasteiger partial charge is 0.497 e. The number of hydrogen-bond donors (Lipinski definition) is 1. The summed E-state index contributed by atoms with van der Waals surface area (Å²) < 4.78 is 10.7. The molecule has 1 atom stereocenters. The number of nitrogens with one attached hydrogen (secondary N) is 1. The maximum Gasteiger partial charge on any atom is 0.119 e. The SMILES string of the molecule is COc1ccc(C2NCCc3ccc4cc(OC)ccc4c32)cc1. The molecule has 3 aromatic rings. The Bertz CT molecular complexity index is 871. The predicted octanol–water partition coefficient (Wildman–Crippen LogP) is 4.09. The summed E-state index contributed by atoms with van der Waals surface area (Å²) in [7, 11) is 3.41. The van der Waals surface area contributed by atoms with E-state index in [-0.39, 0.29) is 6.04 Å². The van der Waals surface area contributed by atoms with Crippen LogP contribution >= 0.6 is 0 Å². The molecule has 1 aliphatic rings. The third-order valence-corrected chi connectivity index (χ3v) is 4.84. The number of benzene rings is 3. The van der Waals surface area contributed by atoms with Gasteiger partial charge in [0.05, 0.1) is 20.3 Å². The van der Waals surface area contributed by atoms with E-state index in [0.29, 0.717) is 0 Å². The van der Waals surface area contributed by atoms with Crippen LogP contribution in [0.1, 0.15) is 22.7 Å². The lowest BCUT2D eigenvalue weighted by molar-refractivity contribution is 0.414. The molecule has 0 bridgehead atoms. The van der Waals surface area contributed by atoms with Gasteiger partial charge in [-0.2, -0.15) is 0 Å². The second-order valence-corrected chi connectivity index (χ2v) is 6.14. The second-order valence-electron chi connectivity index (χ2n) is 6.14. The van der Waals surface area contributed by atoms with Crippen LogP contribution in [0.5, 0.6) is 11.5 Å². The molecule has 3 nitrogen and oxygen atoms in total. The van der Waals surface area contributed by atoms with Gasteiger partial charge >= 0.3 is 0 Å². The first-order chi connectivity index (χ1) is 11.8. The van der Waals surface area contributed by atoms with Crippen molar-refractivity contribution >= 4 is 10.8 Å². The van der Waals surface area contributed by atoms with Gasteiger partial charge in [-0.25, -0.2) is 0 Å². The molecule has 0 amide bonds. The van der Waals surface area contributed by atoms with Gasteiger partial charge in [0.1, 0.15) is 11.5 Å². The topological polar surface area (TPSA) is 30.5 Å². The van der Waals surface area contributed by atoms with Crippen molar-refractivity contribution in [1.82, 2.24) is 5.32 Å². The maximum atomic E-state index is 5.37. The smallest absolute Gasteiger partial charge is 0.119 e. The monoisotopic (exact) mass is 319 g/mol. The minimum atomic E-state index is 0.205. The Labute approximate surface area is 142 Å². The van der Waals surface area contributed by atoms with Crippen LogP contribution in [0.4, 0.5) is 0 Å². The third-order valence-electron chi connectivity index (χ3n) is 4.84. The molecule has 4 rings (SSSR count). The molecule has 0 saturated heterocycles. The van der Waals surface area contributed by atoms with E-state index in [1.807, 2.05) is 18.2 Å². The van der Waals surface area contributed by atoms with Crippen LogP contribution < -0.4 is 14.8 Å². The van der Waals surface area contributed by atoms with Crippen molar-refractivity contribution in [3.05, 3.63) is 71.3 Å². The quantitative estimate of drug-likeness (QED) is 0.788. The van der Waals surface area contributed by atoms with Gasteiger partial charge in [0.2, 0.25) is 0 Å². The highest BCUT2D eigenvalue weighted by atomic mass is 16.5. The summed E-state index contributed by atoms with van der Waals surface area (Å²) in [6.45, 7) is 0.991. The molecule has 1 unspecified atom stereocenters. The van der Waals surface area contributed by atoms with Crippen LogP contribution in [0.25, 0.3) is 10.8 Å². The van der Waals surface area contributed by atoms with Crippen molar-refractivity contribution in [3.8, 4) is 11.5 Å². The molecular weight excluding hydrogens is 298 g/mol. The average molecular weight is 319 g/mol.